The van der Waals surface area contributed by atoms with E-state index in [0.717, 1.165) is 22.2 Å². The van der Waals surface area contributed by atoms with Crippen LogP contribution in [0.1, 0.15) is 30.4 Å². The quantitative estimate of drug-likeness (QED) is 0.929. The topological polar surface area (TPSA) is 44.5 Å². The van der Waals surface area contributed by atoms with Crippen molar-refractivity contribution in [2.75, 3.05) is 13.3 Å². The van der Waals surface area contributed by atoms with Crippen LogP contribution >= 0.6 is 15.9 Å². The van der Waals surface area contributed by atoms with Crippen molar-refractivity contribution >= 4 is 15.9 Å². The minimum atomic E-state index is 0.347. The molecule has 0 amide bonds. The lowest BCUT2D eigenvalue weighted by molar-refractivity contribution is -0.0170. The smallest absolute Gasteiger partial charge is 0.189 e. The van der Waals surface area contributed by atoms with Gasteiger partial charge in [-0.1, -0.05) is 22.9 Å². The normalized spacial score (nSPS) is 16.4. The van der Waals surface area contributed by atoms with Gasteiger partial charge in [-0.15, -0.1) is 0 Å². The van der Waals surface area contributed by atoms with Gasteiger partial charge in [0.25, 0.3) is 0 Å². The summed E-state index contributed by atoms with van der Waals surface area (Å²) in [7, 11) is 0. The van der Waals surface area contributed by atoms with Crippen molar-refractivity contribution in [1.82, 2.24) is 0 Å². The second-order valence-corrected chi connectivity index (χ2v) is 4.88. The Hall–Kier alpha value is -0.580. The van der Waals surface area contributed by atoms with Crippen molar-refractivity contribution in [3.8, 4) is 5.75 Å². The maximum Gasteiger partial charge on any atom is 0.189 e. The second kappa shape index (κ2) is 5.17. The number of ether oxygens (including phenoxy) is 2. The highest BCUT2D eigenvalue weighted by Crippen LogP contribution is 2.37. The lowest BCUT2D eigenvalue weighted by Gasteiger charge is -2.24. The zero-order chi connectivity index (χ0) is 11.5. The number of fused-ring (bicyclic) bond motifs is 1. The van der Waals surface area contributed by atoms with Crippen LogP contribution in [0.2, 0.25) is 0 Å². The van der Waals surface area contributed by atoms with E-state index in [1.54, 1.807) is 0 Å². The van der Waals surface area contributed by atoms with Gasteiger partial charge in [-0.05, 0) is 36.6 Å². The predicted molar refractivity (Wildman–Crippen MR) is 66.5 cm³/mol. The molecule has 1 unspecified atom stereocenters. The van der Waals surface area contributed by atoms with Crippen LogP contribution in [0, 0.1) is 0 Å². The summed E-state index contributed by atoms with van der Waals surface area (Å²) in [4.78, 5) is 0. The average Bonchev–Trinajstić information content (AvgIpc) is 2.29. The SMILES string of the molecule is CC(CCN)c1c(Br)ccc2c1COCO2. The van der Waals surface area contributed by atoms with Crippen molar-refractivity contribution in [3.63, 3.8) is 0 Å². The Morgan fingerprint density at radius 3 is 3.06 bits per heavy atom. The molecule has 0 spiro atoms. The molecule has 2 rings (SSSR count). The maximum atomic E-state index is 5.62. The summed E-state index contributed by atoms with van der Waals surface area (Å²) >= 11 is 3.59. The molecule has 4 heteroatoms. The molecular formula is C12H16BrNO2. The number of rotatable bonds is 3. The summed E-state index contributed by atoms with van der Waals surface area (Å²) in [6, 6.07) is 4.02. The number of hydrogen-bond donors (Lipinski definition) is 1. The zero-order valence-electron chi connectivity index (χ0n) is 9.33. The van der Waals surface area contributed by atoms with Crippen LogP contribution in [0.4, 0.5) is 0 Å². The Kier molecular flexibility index (Phi) is 3.84. The highest BCUT2D eigenvalue weighted by molar-refractivity contribution is 9.10. The van der Waals surface area contributed by atoms with E-state index in [0.29, 0.717) is 25.9 Å². The monoisotopic (exact) mass is 285 g/mol. The van der Waals surface area contributed by atoms with Gasteiger partial charge in [0.1, 0.15) is 5.75 Å². The molecule has 1 aliphatic heterocycles. The lowest BCUT2D eigenvalue weighted by Crippen LogP contribution is -2.15. The highest BCUT2D eigenvalue weighted by Gasteiger charge is 2.20. The summed E-state index contributed by atoms with van der Waals surface area (Å²) in [5, 5.41) is 0. The van der Waals surface area contributed by atoms with Gasteiger partial charge >= 0.3 is 0 Å². The minimum absolute atomic E-state index is 0.347. The Morgan fingerprint density at radius 1 is 1.50 bits per heavy atom. The first kappa shape index (κ1) is 11.9. The highest BCUT2D eigenvalue weighted by atomic mass is 79.9. The van der Waals surface area contributed by atoms with E-state index in [9.17, 15) is 0 Å². The molecule has 1 atom stereocenters. The molecule has 0 aliphatic carbocycles. The van der Waals surface area contributed by atoms with Crippen molar-refractivity contribution in [1.29, 1.82) is 0 Å². The van der Waals surface area contributed by atoms with Crippen LogP contribution in [0.25, 0.3) is 0 Å². The number of nitrogens with two attached hydrogens (primary N) is 1. The van der Waals surface area contributed by atoms with Crippen LogP contribution in [0.15, 0.2) is 16.6 Å². The van der Waals surface area contributed by atoms with Gasteiger partial charge in [0, 0.05) is 10.0 Å². The van der Waals surface area contributed by atoms with E-state index in [2.05, 4.69) is 22.9 Å². The molecule has 0 radical (unpaired) electrons. The third kappa shape index (κ3) is 2.24. The first-order valence-electron chi connectivity index (χ1n) is 5.46. The fraction of sp³-hybridized carbons (Fsp3) is 0.500. The third-order valence-corrected chi connectivity index (χ3v) is 3.59. The first-order chi connectivity index (χ1) is 7.74. The average molecular weight is 286 g/mol. The predicted octanol–water partition coefficient (Wildman–Crippen LogP) is 2.77. The van der Waals surface area contributed by atoms with Gasteiger partial charge in [-0.3, -0.25) is 0 Å². The van der Waals surface area contributed by atoms with E-state index in [1.165, 1.54) is 5.56 Å². The van der Waals surface area contributed by atoms with Gasteiger partial charge < -0.3 is 15.2 Å². The van der Waals surface area contributed by atoms with Gasteiger partial charge in [-0.25, -0.2) is 0 Å². The summed E-state index contributed by atoms with van der Waals surface area (Å²) in [6.07, 6.45) is 0.967. The van der Waals surface area contributed by atoms with Crippen LogP contribution in [-0.4, -0.2) is 13.3 Å². The number of hydrogen-bond acceptors (Lipinski definition) is 3. The largest absolute Gasteiger partial charge is 0.467 e. The van der Waals surface area contributed by atoms with Crippen LogP contribution in [0.5, 0.6) is 5.75 Å². The summed E-state index contributed by atoms with van der Waals surface area (Å²) < 4.78 is 11.9. The molecule has 0 fully saturated rings. The van der Waals surface area contributed by atoms with Crippen LogP contribution < -0.4 is 10.5 Å². The standard InChI is InChI=1S/C12H16BrNO2/c1-8(4-5-14)12-9-6-15-7-16-11(9)3-2-10(12)13/h2-3,8H,4-7,14H2,1H3. The molecule has 0 saturated heterocycles. The minimum Gasteiger partial charge on any atom is -0.467 e. The molecule has 1 aliphatic rings. The Bertz CT molecular complexity index is 382. The maximum absolute atomic E-state index is 5.62. The number of benzene rings is 1. The molecule has 2 N–H and O–H groups in total. The van der Waals surface area contributed by atoms with Crippen LogP contribution in [-0.2, 0) is 11.3 Å². The molecule has 0 aromatic heterocycles. The van der Waals surface area contributed by atoms with Crippen molar-refractivity contribution < 1.29 is 9.47 Å². The Morgan fingerprint density at radius 2 is 2.31 bits per heavy atom. The fourth-order valence-electron chi connectivity index (χ4n) is 2.08. The summed E-state index contributed by atoms with van der Waals surface area (Å²) in [5.41, 5.74) is 8.04. The molecule has 3 nitrogen and oxygen atoms in total. The number of halogens is 1. The van der Waals surface area contributed by atoms with Crippen molar-refractivity contribution in [3.05, 3.63) is 27.7 Å². The van der Waals surface area contributed by atoms with E-state index in [-0.39, 0.29) is 0 Å². The molecule has 1 aromatic carbocycles. The summed E-state index contributed by atoms with van der Waals surface area (Å²) in [6.45, 7) is 3.85. The third-order valence-electron chi connectivity index (χ3n) is 2.90. The van der Waals surface area contributed by atoms with Crippen molar-refractivity contribution in [2.45, 2.75) is 25.9 Å². The Labute approximate surface area is 104 Å². The van der Waals surface area contributed by atoms with Gasteiger partial charge in [0.15, 0.2) is 6.79 Å². The van der Waals surface area contributed by atoms with E-state index >= 15 is 0 Å². The van der Waals surface area contributed by atoms with Crippen molar-refractivity contribution in [2.24, 2.45) is 5.73 Å². The Balaban J connectivity index is 2.41. The van der Waals surface area contributed by atoms with E-state index in [4.69, 9.17) is 15.2 Å². The van der Waals surface area contributed by atoms with E-state index < -0.39 is 0 Å². The van der Waals surface area contributed by atoms with Gasteiger partial charge in [-0.2, -0.15) is 0 Å². The first-order valence-corrected chi connectivity index (χ1v) is 6.25. The van der Waals surface area contributed by atoms with Crippen LogP contribution in [0.3, 0.4) is 0 Å². The molecular weight excluding hydrogens is 270 g/mol. The molecule has 1 heterocycles. The molecule has 0 saturated carbocycles. The molecule has 0 bridgehead atoms. The zero-order valence-corrected chi connectivity index (χ0v) is 10.9. The molecule has 16 heavy (non-hydrogen) atoms. The molecule has 88 valence electrons. The van der Waals surface area contributed by atoms with E-state index in [1.807, 2.05) is 12.1 Å². The van der Waals surface area contributed by atoms with Gasteiger partial charge in [0.05, 0.1) is 6.61 Å². The fourth-order valence-corrected chi connectivity index (χ4v) is 2.84. The molecule has 1 aromatic rings. The lowest BCUT2D eigenvalue weighted by atomic mass is 9.92. The second-order valence-electron chi connectivity index (χ2n) is 4.03. The summed E-state index contributed by atoms with van der Waals surface area (Å²) in [5.74, 6) is 1.35. The van der Waals surface area contributed by atoms with Gasteiger partial charge in [0.2, 0.25) is 0 Å².